The lowest BCUT2D eigenvalue weighted by Crippen LogP contribution is -2.47. The van der Waals surface area contributed by atoms with Crippen molar-refractivity contribution in [3.05, 3.63) is 24.0 Å². The molecule has 0 aromatic carbocycles. The van der Waals surface area contributed by atoms with Gasteiger partial charge < -0.3 is 4.90 Å². The Labute approximate surface area is 109 Å². The van der Waals surface area contributed by atoms with Crippen LogP contribution in [0, 0.1) is 17.2 Å². The van der Waals surface area contributed by atoms with Crippen LogP contribution in [0.5, 0.6) is 0 Å². The van der Waals surface area contributed by atoms with Crippen molar-refractivity contribution in [1.82, 2.24) is 9.88 Å². The van der Waals surface area contributed by atoms with Gasteiger partial charge in [-0.2, -0.15) is 5.26 Å². The Hall–Kier alpha value is -1.60. The molecule has 2 heterocycles. The molecule has 1 aromatic heterocycles. The molecule has 18 heavy (non-hydrogen) atoms. The minimum Gasteiger partial charge on any atom is -0.367 e. The van der Waals surface area contributed by atoms with Crippen LogP contribution in [0.3, 0.4) is 0 Å². The number of piperazine rings is 1. The fraction of sp³-hybridized carbons (Fsp3) is 0.571. The van der Waals surface area contributed by atoms with Crippen LogP contribution in [0.4, 0.5) is 5.69 Å². The van der Waals surface area contributed by atoms with Crippen LogP contribution in [0.1, 0.15) is 19.5 Å². The summed E-state index contributed by atoms with van der Waals surface area (Å²) in [6.07, 6.45) is 1.68. The summed E-state index contributed by atoms with van der Waals surface area (Å²) in [5, 5.41) is 9.07. The maximum Gasteiger partial charge on any atom is 0.163 e. The minimum absolute atomic E-state index is 0.537. The van der Waals surface area contributed by atoms with Crippen molar-refractivity contribution in [2.75, 3.05) is 37.6 Å². The van der Waals surface area contributed by atoms with E-state index in [9.17, 15) is 0 Å². The summed E-state index contributed by atoms with van der Waals surface area (Å²) in [6, 6.07) is 6.06. The first-order valence-electron chi connectivity index (χ1n) is 6.53. The van der Waals surface area contributed by atoms with Crippen molar-refractivity contribution in [1.29, 1.82) is 5.26 Å². The lowest BCUT2D eigenvalue weighted by Gasteiger charge is -2.36. The van der Waals surface area contributed by atoms with Crippen LogP contribution in [-0.4, -0.2) is 42.6 Å². The van der Waals surface area contributed by atoms with Crippen LogP contribution in [0.2, 0.25) is 0 Å². The lowest BCUT2D eigenvalue weighted by atomic mass is 10.2. The van der Waals surface area contributed by atoms with Gasteiger partial charge in [0.1, 0.15) is 6.07 Å². The number of nitrogens with zero attached hydrogens (tertiary/aromatic N) is 4. The molecule has 0 N–H and O–H groups in total. The van der Waals surface area contributed by atoms with Gasteiger partial charge in [-0.25, -0.2) is 4.98 Å². The van der Waals surface area contributed by atoms with E-state index in [0.29, 0.717) is 11.6 Å². The van der Waals surface area contributed by atoms with Gasteiger partial charge in [-0.05, 0) is 18.1 Å². The normalized spacial score (nSPS) is 16.9. The molecule has 1 aliphatic heterocycles. The van der Waals surface area contributed by atoms with Crippen LogP contribution in [0.15, 0.2) is 18.3 Å². The number of rotatable bonds is 3. The third kappa shape index (κ3) is 2.99. The second-order valence-corrected chi connectivity index (χ2v) is 5.16. The fourth-order valence-electron chi connectivity index (χ4n) is 2.43. The molecule has 1 saturated heterocycles. The molecule has 1 fully saturated rings. The Bertz CT molecular complexity index is 428. The molecule has 0 atom stereocenters. The van der Waals surface area contributed by atoms with Crippen molar-refractivity contribution < 1.29 is 0 Å². The zero-order chi connectivity index (χ0) is 13.0. The maximum atomic E-state index is 9.07. The number of pyridine rings is 1. The summed E-state index contributed by atoms with van der Waals surface area (Å²) in [7, 11) is 0. The first kappa shape index (κ1) is 12.8. The Morgan fingerprint density at radius 3 is 2.67 bits per heavy atom. The topological polar surface area (TPSA) is 43.2 Å². The van der Waals surface area contributed by atoms with E-state index in [4.69, 9.17) is 5.26 Å². The summed E-state index contributed by atoms with van der Waals surface area (Å²) in [5.74, 6) is 0.713. The third-order valence-electron chi connectivity index (χ3n) is 3.23. The molecule has 96 valence electrons. The molecule has 4 nitrogen and oxygen atoms in total. The summed E-state index contributed by atoms with van der Waals surface area (Å²) in [6.45, 7) is 9.75. The van der Waals surface area contributed by atoms with Crippen LogP contribution < -0.4 is 4.90 Å². The van der Waals surface area contributed by atoms with Gasteiger partial charge in [0.25, 0.3) is 0 Å². The zero-order valence-electron chi connectivity index (χ0n) is 11.1. The average molecular weight is 244 g/mol. The summed E-state index contributed by atoms with van der Waals surface area (Å²) in [4.78, 5) is 8.88. The van der Waals surface area contributed by atoms with Gasteiger partial charge in [-0.1, -0.05) is 13.8 Å². The number of nitriles is 1. The number of hydrogen-bond acceptors (Lipinski definition) is 4. The minimum atomic E-state index is 0.537. The standard InChI is InChI=1S/C14H20N4/c1-12(2)11-17-6-8-18(9-7-17)14-4-3-5-16-13(14)10-15/h3-5,12H,6-9,11H2,1-2H3. The molecule has 0 amide bonds. The van der Waals surface area contributed by atoms with Crippen molar-refractivity contribution >= 4 is 5.69 Å². The quantitative estimate of drug-likeness (QED) is 0.812. The smallest absolute Gasteiger partial charge is 0.163 e. The van der Waals surface area contributed by atoms with Crippen LogP contribution >= 0.6 is 0 Å². The number of aromatic nitrogens is 1. The molecule has 0 unspecified atom stereocenters. The predicted molar refractivity (Wildman–Crippen MR) is 72.4 cm³/mol. The van der Waals surface area contributed by atoms with E-state index in [1.165, 1.54) is 0 Å². The highest BCUT2D eigenvalue weighted by Gasteiger charge is 2.19. The van der Waals surface area contributed by atoms with Gasteiger partial charge in [-0.15, -0.1) is 0 Å². The van der Waals surface area contributed by atoms with E-state index in [2.05, 4.69) is 34.7 Å². The van der Waals surface area contributed by atoms with Gasteiger partial charge in [-0.3, -0.25) is 4.90 Å². The molecule has 4 heteroatoms. The van der Waals surface area contributed by atoms with Crippen molar-refractivity contribution in [3.8, 4) is 6.07 Å². The van der Waals surface area contributed by atoms with Crippen LogP contribution in [-0.2, 0) is 0 Å². The van der Waals surface area contributed by atoms with Gasteiger partial charge in [0.15, 0.2) is 5.69 Å². The lowest BCUT2D eigenvalue weighted by molar-refractivity contribution is 0.231. The molecule has 0 aliphatic carbocycles. The predicted octanol–water partition coefficient (Wildman–Crippen LogP) is 1.73. The number of anilines is 1. The zero-order valence-corrected chi connectivity index (χ0v) is 11.1. The van der Waals surface area contributed by atoms with Crippen molar-refractivity contribution in [2.24, 2.45) is 5.92 Å². The maximum absolute atomic E-state index is 9.07. The summed E-state index contributed by atoms with van der Waals surface area (Å²) < 4.78 is 0. The highest BCUT2D eigenvalue weighted by Crippen LogP contribution is 2.19. The highest BCUT2D eigenvalue weighted by atomic mass is 15.3. The Balaban J connectivity index is 1.99. The number of hydrogen-bond donors (Lipinski definition) is 0. The van der Waals surface area contributed by atoms with E-state index in [1.807, 2.05) is 12.1 Å². The second kappa shape index (κ2) is 5.83. The molecule has 1 aromatic rings. The molecular formula is C14H20N4. The largest absolute Gasteiger partial charge is 0.367 e. The molecule has 0 spiro atoms. The summed E-state index contributed by atoms with van der Waals surface area (Å²) >= 11 is 0. The average Bonchev–Trinajstić information content (AvgIpc) is 2.39. The van der Waals surface area contributed by atoms with E-state index < -0.39 is 0 Å². The van der Waals surface area contributed by atoms with Crippen LogP contribution in [0.25, 0.3) is 0 Å². The molecular weight excluding hydrogens is 224 g/mol. The third-order valence-corrected chi connectivity index (χ3v) is 3.23. The molecule has 0 bridgehead atoms. The van der Waals surface area contributed by atoms with Crippen molar-refractivity contribution in [3.63, 3.8) is 0 Å². The Kier molecular flexibility index (Phi) is 4.16. The molecule has 2 rings (SSSR count). The molecule has 0 saturated carbocycles. The SMILES string of the molecule is CC(C)CN1CCN(c2cccnc2C#N)CC1. The first-order chi connectivity index (χ1) is 8.70. The van der Waals surface area contributed by atoms with E-state index in [-0.39, 0.29) is 0 Å². The fourth-order valence-corrected chi connectivity index (χ4v) is 2.43. The van der Waals surface area contributed by atoms with Gasteiger partial charge in [0, 0.05) is 38.9 Å². The first-order valence-corrected chi connectivity index (χ1v) is 6.53. The monoisotopic (exact) mass is 244 g/mol. The van der Waals surface area contributed by atoms with E-state index in [0.717, 1.165) is 38.4 Å². The highest BCUT2D eigenvalue weighted by molar-refractivity contribution is 5.55. The van der Waals surface area contributed by atoms with Crippen molar-refractivity contribution in [2.45, 2.75) is 13.8 Å². The second-order valence-electron chi connectivity index (χ2n) is 5.16. The van der Waals surface area contributed by atoms with E-state index in [1.54, 1.807) is 6.20 Å². The van der Waals surface area contributed by atoms with Gasteiger partial charge in [0.2, 0.25) is 0 Å². The summed E-state index contributed by atoms with van der Waals surface area (Å²) in [5.41, 5.74) is 1.51. The Morgan fingerprint density at radius 2 is 2.06 bits per heavy atom. The molecule has 0 radical (unpaired) electrons. The van der Waals surface area contributed by atoms with Gasteiger partial charge in [0.05, 0.1) is 5.69 Å². The van der Waals surface area contributed by atoms with Gasteiger partial charge >= 0.3 is 0 Å². The van der Waals surface area contributed by atoms with E-state index >= 15 is 0 Å². The molecule has 1 aliphatic rings. The Morgan fingerprint density at radius 1 is 1.33 bits per heavy atom.